The minimum Gasteiger partial charge on any atom is -0.0706 e. The van der Waals surface area contributed by atoms with E-state index in [1.54, 1.807) is 0 Å². The zero-order valence-corrected chi connectivity index (χ0v) is 26.8. The van der Waals surface area contributed by atoms with Crippen LogP contribution in [0.3, 0.4) is 0 Å². The Hall–Kier alpha value is -3.60. The molecule has 1 radical (unpaired) electrons. The topological polar surface area (TPSA) is 0 Å². The van der Waals surface area contributed by atoms with Gasteiger partial charge in [0.2, 0.25) is 0 Å². The Morgan fingerprint density at radius 3 is 0.929 bits per heavy atom. The van der Waals surface area contributed by atoms with Crippen LogP contribution in [0.1, 0.15) is 11.1 Å². The summed E-state index contributed by atoms with van der Waals surface area (Å²) in [6.07, 6.45) is 0. The molecule has 0 fully saturated rings. The van der Waals surface area contributed by atoms with Gasteiger partial charge in [0, 0.05) is 0 Å². The molecule has 0 heterocycles. The molecule has 0 nitrogen and oxygen atoms in total. The van der Waals surface area contributed by atoms with Crippen molar-refractivity contribution in [1.82, 2.24) is 0 Å². The highest BCUT2D eigenvalue weighted by Gasteiger charge is 2.23. The Balaban J connectivity index is 1.33. The summed E-state index contributed by atoms with van der Waals surface area (Å²) in [5.41, 5.74) is 3.03. The molecule has 0 spiro atoms. The third-order valence-electron chi connectivity index (χ3n) is 7.51. The van der Waals surface area contributed by atoms with Gasteiger partial charge in [0.15, 0.2) is 0 Å². The Labute approximate surface area is 255 Å². The Bertz CT molecular complexity index is 1480. The van der Waals surface area contributed by atoms with E-state index in [2.05, 4.69) is 176 Å². The summed E-state index contributed by atoms with van der Waals surface area (Å²) >= 11 is 0. The normalized spacial score (nSPS) is 11.3. The molecular formula is C39H35P2Si. The van der Waals surface area contributed by atoms with Gasteiger partial charge in [-0.15, -0.1) is 0 Å². The highest BCUT2D eigenvalue weighted by Crippen LogP contribution is 2.36. The van der Waals surface area contributed by atoms with E-state index in [9.17, 15) is 0 Å². The van der Waals surface area contributed by atoms with Crippen molar-refractivity contribution in [2.45, 2.75) is 18.6 Å². The second-order valence-corrected chi connectivity index (χ2v) is 17.6. The van der Waals surface area contributed by atoms with Crippen molar-refractivity contribution < 1.29 is 0 Å². The molecule has 0 atom stereocenters. The van der Waals surface area contributed by atoms with Gasteiger partial charge < -0.3 is 0 Å². The lowest BCUT2D eigenvalue weighted by Gasteiger charge is -2.25. The van der Waals surface area contributed by atoms with Crippen molar-refractivity contribution in [1.29, 1.82) is 0 Å². The van der Waals surface area contributed by atoms with Gasteiger partial charge in [-0.3, -0.25) is 0 Å². The van der Waals surface area contributed by atoms with Gasteiger partial charge in [-0.2, -0.15) is 0 Å². The van der Waals surface area contributed by atoms with Crippen LogP contribution >= 0.6 is 15.8 Å². The molecule has 0 aliphatic heterocycles. The summed E-state index contributed by atoms with van der Waals surface area (Å²) in [7, 11) is -1.94. The first-order chi connectivity index (χ1) is 20.8. The first-order valence-electron chi connectivity index (χ1n) is 14.6. The third kappa shape index (κ3) is 6.72. The summed E-state index contributed by atoms with van der Waals surface area (Å²) in [6.45, 7) is 2.53. The maximum absolute atomic E-state index is 2.53. The van der Waals surface area contributed by atoms with Crippen LogP contribution in [-0.4, -0.2) is 8.80 Å². The zero-order valence-electron chi connectivity index (χ0n) is 24.0. The van der Waals surface area contributed by atoms with Crippen LogP contribution in [0.5, 0.6) is 0 Å². The monoisotopic (exact) mass is 593 g/mol. The quantitative estimate of drug-likeness (QED) is 0.117. The van der Waals surface area contributed by atoms with Gasteiger partial charge in [0.05, 0.1) is 8.80 Å². The SMILES string of the molecule is C[Si](Cc1ccccc1P(c1ccccc1)c1ccccc1)Cc1ccccc1P(c1ccccc1)c1ccccc1. The van der Waals surface area contributed by atoms with E-state index in [-0.39, 0.29) is 0 Å². The Kier molecular flexibility index (Phi) is 9.53. The number of hydrogen-bond acceptors (Lipinski definition) is 0. The molecule has 42 heavy (non-hydrogen) atoms. The van der Waals surface area contributed by atoms with Crippen molar-refractivity contribution in [2.24, 2.45) is 0 Å². The summed E-state index contributed by atoms with van der Waals surface area (Å²) in [4.78, 5) is 0. The van der Waals surface area contributed by atoms with Crippen molar-refractivity contribution >= 4 is 56.5 Å². The largest absolute Gasteiger partial charge is 0.0706 e. The molecule has 6 aromatic rings. The summed E-state index contributed by atoms with van der Waals surface area (Å²) in [5, 5.41) is 8.66. The minimum atomic E-state index is -0.709. The van der Waals surface area contributed by atoms with Crippen LogP contribution in [0.25, 0.3) is 0 Å². The first-order valence-corrected chi connectivity index (χ1v) is 19.7. The molecule has 0 N–H and O–H groups in total. The fraction of sp³-hybridized carbons (Fsp3) is 0.0769. The molecular weight excluding hydrogens is 558 g/mol. The van der Waals surface area contributed by atoms with E-state index in [0.717, 1.165) is 12.1 Å². The van der Waals surface area contributed by atoms with E-state index in [1.807, 2.05) is 0 Å². The van der Waals surface area contributed by atoms with E-state index < -0.39 is 24.6 Å². The predicted molar refractivity (Wildman–Crippen MR) is 189 cm³/mol. The van der Waals surface area contributed by atoms with E-state index in [0.29, 0.717) is 0 Å². The maximum atomic E-state index is 2.53. The van der Waals surface area contributed by atoms with Gasteiger partial charge in [-0.25, -0.2) is 0 Å². The second kappa shape index (κ2) is 14.0. The molecule has 0 unspecified atom stereocenters. The molecule has 0 amide bonds. The van der Waals surface area contributed by atoms with Gasteiger partial charge >= 0.3 is 0 Å². The molecule has 0 aliphatic rings. The lowest BCUT2D eigenvalue weighted by molar-refractivity contribution is 1.28. The summed E-state index contributed by atoms with van der Waals surface area (Å²) in [6, 6.07) is 65.1. The van der Waals surface area contributed by atoms with E-state index in [1.165, 1.54) is 43.0 Å². The average Bonchev–Trinajstić information content (AvgIpc) is 3.05. The third-order valence-corrected chi connectivity index (χ3v) is 14.6. The standard InChI is InChI=1S/C39H35P2Si/c1-42(30-32-18-14-16-28-38(32)40(34-20-6-2-7-21-34)35-22-8-3-9-23-35)31-33-19-15-17-29-39(33)41(36-24-10-4-11-25-36)37-26-12-5-13-27-37/h2-29H,30-31H2,1H3. The van der Waals surface area contributed by atoms with Gasteiger partial charge in [-0.05, 0) is 70.9 Å². The molecule has 205 valence electrons. The molecule has 0 aliphatic carbocycles. The lowest BCUT2D eigenvalue weighted by Crippen LogP contribution is -2.29. The van der Waals surface area contributed by atoms with Crippen molar-refractivity contribution in [2.75, 3.05) is 0 Å². The summed E-state index contributed by atoms with van der Waals surface area (Å²) in [5.74, 6) is 0. The van der Waals surface area contributed by atoms with E-state index >= 15 is 0 Å². The van der Waals surface area contributed by atoms with Crippen molar-refractivity contribution in [3.63, 3.8) is 0 Å². The van der Waals surface area contributed by atoms with Crippen molar-refractivity contribution in [3.8, 4) is 0 Å². The van der Waals surface area contributed by atoms with Crippen LogP contribution in [-0.2, 0) is 12.1 Å². The molecule has 6 aromatic carbocycles. The summed E-state index contributed by atoms with van der Waals surface area (Å²) < 4.78 is 0. The number of hydrogen-bond donors (Lipinski definition) is 0. The van der Waals surface area contributed by atoms with E-state index in [4.69, 9.17) is 0 Å². The Morgan fingerprint density at radius 1 is 0.357 bits per heavy atom. The number of rotatable bonds is 10. The van der Waals surface area contributed by atoms with Crippen LogP contribution in [0, 0.1) is 0 Å². The molecule has 0 saturated heterocycles. The van der Waals surface area contributed by atoms with Gasteiger partial charge in [0.25, 0.3) is 0 Å². The van der Waals surface area contributed by atoms with Gasteiger partial charge in [0.1, 0.15) is 0 Å². The van der Waals surface area contributed by atoms with Crippen molar-refractivity contribution in [3.05, 3.63) is 181 Å². The Morgan fingerprint density at radius 2 is 0.619 bits per heavy atom. The fourth-order valence-corrected chi connectivity index (χ4v) is 12.9. The van der Waals surface area contributed by atoms with Crippen LogP contribution in [0.2, 0.25) is 6.55 Å². The number of benzene rings is 6. The fourth-order valence-electron chi connectivity index (χ4n) is 5.63. The average molecular weight is 594 g/mol. The molecule has 6 rings (SSSR count). The minimum absolute atomic E-state index is 0.614. The van der Waals surface area contributed by atoms with Crippen LogP contribution in [0.15, 0.2) is 170 Å². The highest BCUT2D eigenvalue weighted by molar-refractivity contribution is 7.80. The lowest BCUT2D eigenvalue weighted by atomic mass is 10.2. The zero-order chi connectivity index (χ0) is 28.6. The molecule has 0 bridgehead atoms. The first kappa shape index (κ1) is 28.5. The second-order valence-electron chi connectivity index (χ2n) is 10.6. The molecule has 0 aromatic heterocycles. The predicted octanol–water partition coefficient (Wildman–Crippen LogP) is 7.19. The van der Waals surface area contributed by atoms with Crippen LogP contribution < -0.4 is 31.8 Å². The van der Waals surface area contributed by atoms with Gasteiger partial charge in [-0.1, -0.05) is 176 Å². The molecule has 3 heteroatoms. The van der Waals surface area contributed by atoms with Crippen LogP contribution in [0.4, 0.5) is 0 Å². The maximum Gasteiger partial charge on any atom is 0.0539 e. The molecule has 0 saturated carbocycles. The highest BCUT2D eigenvalue weighted by atomic mass is 31.1. The smallest absolute Gasteiger partial charge is 0.0539 e.